The van der Waals surface area contributed by atoms with E-state index < -0.39 is 0 Å². The molecule has 0 saturated heterocycles. The van der Waals surface area contributed by atoms with E-state index in [1.165, 1.54) is 16.7 Å². The first-order valence-corrected chi connectivity index (χ1v) is 13.0. The third kappa shape index (κ3) is 3.96. The van der Waals surface area contributed by atoms with Gasteiger partial charge in [-0.05, 0) is 41.7 Å². The number of aromatic nitrogens is 5. The first-order valence-electron chi connectivity index (χ1n) is 13.0. The van der Waals surface area contributed by atoms with E-state index in [2.05, 4.69) is 94.8 Å². The molecule has 6 aromatic rings. The van der Waals surface area contributed by atoms with Crippen LogP contribution in [0.5, 0.6) is 0 Å². The summed E-state index contributed by atoms with van der Waals surface area (Å²) in [4.78, 5) is 14.8. The zero-order chi connectivity index (χ0) is 25.5. The van der Waals surface area contributed by atoms with Gasteiger partial charge in [-0.25, -0.2) is 9.97 Å². The maximum Gasteiger partial charge on any atom is 0.200 e. The van der Waals surface area contributed by atoms with Gasteiger partial charge >= 0.3 is 0 Å². The van der Waals surface area contributed by atoms with Crippen LogP contribution in [0.15, 0.2) is 97.2 Å². The predicted molar refractivity (Wildman–Crippen MR) is 149 cm³/mol. The second kappa shape index (κ2) is 9.32. The summed E-state index contributed by atoms with van der Waals surface area (Å²) in [6.45, 7) is 0.762. The van der Waals surface area contributed by atoms with Crippen molar-refractivity contribution in [3.8, 4) is 33.9 Å². The molecule has 0 radical (unpaired) electrons. The Kier molecular flexibility index (Phi) is 5.52. The lowest BCUT2D eigenvalue weighted by molar-refractivity contribution is -0.386. The third-order valence-corrected chi connectivity index (χ3v) is 7.50. The fourth-order valence-electron chi connectivity index (χ4n) is 5.48. The molecule has 0 atom stereocenters. The van der Waals surface area contributed by atoms with Gasteiger partial charge in [0, 0.05) is 34.2 Å². The van der Waals surface area contributed by atoms with E-state index in [4.69, 9.17) is 15.0 Å². The molecule has 184 valence electrons. The van der Waals surface area contributed by atoms with Crippen LogP contribution in [0, 0.1) is 0 Å². The number of hydrogen-bond acceptors (Lipinski definition) is 4. The first kappa shape index (κ1) is 22.5. The van der Waals surface area contributed by atoms with Gasteiger partial charge in [-0.1, -0.05) is 78.9 Å². The molecular weight excluding hydrogens is 468 g/mol. The van der Waals surface area contributed by atoms with Crippen LogP contribution in [0.25, 0.3) is 44.8 Å². The fraction of sp³-hybridized carbons (Fsp3) is 0.125. The van der Waals surface area contributed by atoms with E-state index in [1.54, 1.807) is 6.20 Å². The number of aromatic amines is 1. The molecule has 0 amide bonds. The summed E-state index contributed by atoms with van der Waals surface area (Å²) in [5.41, 5.74) is 13.8. The van der Waals surface area contributed by atoms with Gasteiger partial charge < -0.3 is 5.73 Å². The molecule has 7 rings (SSSR count). The van der Waals surface area contributed by atoms with Crippen molar-refractivity contribution in [2.75, 3.05) is 0 Å². The van der Waals surface area contributed by atoms with Crippen LogP contribution in [-0.4, -0.2) is 25.1 Å². The zero-order valence-corrected chi connectivity index (χ0v) is 20.9. The molecule has 38 heavy (non-hydrogen) atoms. The number of rotatable bonds is 5. The highest BCUT2D eigenvalue weighted by atomic mass is 15.2. The van der Waals surface area contributed by atoms with E-state index in [-0.39, 0.29) is 0 Å². The molecule has 1 aliphatic carbocycles. The number of hydrogen-bond donors (Lipinski definition) is 2. The molecule has 6 heteroatoms. The maximum atomic E-state index is 5.15. The molecule has 4 N–H and O–H groups in total. The smallest absolute Gasteiger partial charge is 0.200 e. The minimum atomic E-state index is 0.300. The zero-order valence-electron chi connectivity index (χ0n) is 20.9. The van der Waals surface area contributed by atoms with Gasteiger partial charge in [-0.15, -0.1) is 0 Å². The highest BCUT2D eigenvalue weighted by Gasteiger charge is 2.26. The summed E-state index contributed by atoms with van der Waals surface area (Å²) in [6, 6.07) is 31.7. The summed E-state index contributed by atoms with van der Waals surface area (Å²) < 4.78 is 0. The topological polar surface area (TPSA) is 95.0 Å². The molecular formula is C32H27N6+. The van der Waals surface area contributed by atoms with E-state index in [9.17, 15) is 0 Å². The van der Waals surface area contributed by atoms with Crippen LogP contribution in [0.4, 0.5) is 0 Å². The second-order valence-corrected chi connectivity index (χ2v) is 9.84. The monoisotopic (exact) mass is 495 g/mol. The molecule has 3 aromatic heterocycles. The summed E-state index contributed by atoms with van der Waals surface area (Å²) in [5.74, 6) is 1.82. The number of benzene rings is 3. The van der Waals surface area contributed by atoms with Gasteiger partial charge in [-0.2, -0.15) is 5.10 Å². The standard InChI is InChI=1S/C32H26N6/c33-19-20-10-12-22(13-11-20)29-26(21-6-2-1-3-7-21)18-27-28(35-29)14-15-34-30(27)32-36-31(37-38-32)25-16-23-8-4-5-9-24(23)17-25/h1-15,18,25H,16-17,19,33H2,(H,36,37,38)/p+1. The van der Waals surface area contributed by atoms with E-state index in [0.29, 0.717) is 11.7 Å². The predicted octanol–water partition coefficient (Wildman–Crippen LogP) is 5.37. The molecule has 0 unspecified atom stereocenters. The van der Waals surface area contributed by atoms with Crippen LogP contribution >= 0.6 is 0 Å². The van der Waals surface area contributed by atoms with Gasteiger partial charge in [0.05, 0.1) is 17.8 Å². The van der Waals surface area contributed by atoms with Crippen molar-refractivity contribution in [1.29, 1.82) is 0 Å². The Hall–Kier alpha value is -4.68. The molecule has 0 bridgehead atoms. The SMILES string of the molecule is [NH3+]Cc1ccc(-c2nc3ccnc(-c4n[nH]c(C5Cc6ccccc6C5)n4)c3cc2-c2ccccc2)cc1. The van der Waals surface area contributed by atoms with Gasteiger partial charge in [0.1, 0.15) is 11.5 Å². The van der Waals surface area contributed by atoms with Crippen molar-refractivity contribution in [3.63, 3.8) is 0 Å². The molecule has 3 aromatic carbocycles. The van der Waals surface area contributed by atoms with Gasteiger partial charge in [0.25, 0.3) is 0 Å². The Balaban J connectivity index is 1.34. The highest BCUT2D eigenvalue weighted by Crippen LogP contribution is 2.37. The average molecular weight is 496 g/mol. The number of fused-ring (bicyclic) bond motifs is 2. The Morgan fingerprint density at radius 2 is 1.50 bits per heavy atom. The fourth-order valence-corrected chi connectivity index (χ4v) is 5.48. The summed E-state index contributed by atoms with van der Waals surface area (Å²) in [7, 11) is 0. The third-order valence-electron chi connectivity index (χ3n) is 7.50. The molecule has 6 nitrogen and oxygen atoms in total. The Morgan fingerprint density at radius 3 is 2.24 bits per heavy atom. The van der Waals surface area contributed by atoms with Gasteiger partial charge in [0.15, 0.2) is 5.82 Å². The molecule has 0 aliphatic heterocycles. The number of H-pyrrole nitrogens is 1. The minimum Gasteiger partial charge on any atom is -0.354 e. The largest absolute Gasteiger partial charge is 0.354 e. The summed E-state index contributed by atoms with van der Waals surface area (Å²) in [5, 5.41) is 8.76. The second-order valence-electron chi connectivity index (χ2n) is 9.84. The van der Waals surface area contributed by atoms with Crippen molar-refractivity contribution < 1.29 is 5.73 Å². The van der Waals surface area contributed by atoms with E-state index in [0.717, 1.165) is 64.2 Å². The van der Waals surface area contributed by atoms with Gasteiger partial charge in [-0.3, -0.25) is 10.1 Å². The van der Waals surface area contributed by atoms with Crippen LogP contribution in [0.3, 0.4) is 0 Å². The van der Waals surface area contributed by atoms with Crippen molar-refractivity contribution >= 4 is 10.9 Å². The van der Waals surface area contributed by atoms with E-state index >= 15 is 0 Å². The van der Waals surface area contributed by atoms with E-state index in [1.807, 2.05) is 12.1 Å². The van der Waals surface area contributed by atoms with Crippen molar-refractivity contribution in [3.05, 3.63) is 120 Å². The summed E-state index contributed by atoms with van der Waals surface area (Å²) in [6.07, 6.45) is 3.75. The average Bonchev–Trinajstić information content (AvgIpc) is 3.64. The highest BCUT2D eigenvalue weighted by molar-refractivity contribution is 5.97. The molecule has 1 aliphatic rings. The van der Waals surface area contributed by atoms with Crippen molar-refractivity contribution in [2.24, 2.45) is 0 Å². The lowest BCUT2D eigenvalue weighted by Crippen LogP contribution is -2.47. The van der Waals surface area contributed by atoms with Crippen molar-refractivity contribution in [1.82, 2.24) is 25.1 Å². The quantitative estimate of drug-likeness (QED) is 0.336. The molecule has 0 spiro atoms. The van der Waals surface area contributed by atoms with Gasteiger partial charge in [0.2, 0.25) is 0 Å². The molecule has 0 fully saturated rings. The van der Waals surface area contributed by atoms with Crippen molar-refractivity contribution in [2.45, 2.75) is 25.3 Å². The minimum absolute atomic E-state index is 0.300. The number of pyridine rings is 2. The first-order chi connectivity index (χ1) is 18.8. The van der Waals surface area contributed by atoms with Crippen LogP contribution in [-0.2, 0) is 19.4 Å². The van der Waals surface area contributed by atoms with Crippen LogP contribution < -0.4 is 5.73 Å². The van der Waals surface area contributed by atoms with Crippen LogP contribution in [0.2, 0.25) is 0 Å². The van der Waals surface area contributed by atoms with Crippen LogP contribution in [0.1, 0.15) is 28.4 Å². The number of nitrogens with one attached hydrogen (secondary N) is 1. The lowest BCUT2D eigenvalue weighted by atomic mass is 9.96. The summed E-state index contributed by atoms with van der Waals surface area (Å²) >= 11 is 0. The number of quaternary nitrogens is 1. The maximum absolute atomic E-state index is 5.15. The lowest BCUT2D eigenvalue weighted by Gasteiger charge is -2.13. The molecule has 3 heterocycles. The Labute approximate surface area is 220 Å². The molecule has 0 saturated carbocycles. The number of nitrogens with zero attached hydrogens (tertiary/aromatic N) is 4. The Morgan fingerprint density at radius 1 is 0.763 bits per heavy atom. The normalized spacial score (nSPS) is 13.2. The Bertz CT molecular complexity index is 1730.